The number of nitrogens with zero attached hydrogens (tertiary/aromatic N) is 3. The second-order valence-electron chi connectivity index (χ2n) is 7.25. The van der Waals surface area contributed by atoms with Crippen LogP contribution < -0.4 is 0 Å². The van der Waals surface area contributed by atoms with E-state index >= 15 is 0 Å². The highest BCUT2D eigenvalue weighted by Crippen LogP contribution is 2.30. The summed E-state index contributed by atoms with van der Waals surface area (Å²) in [7, 11) is -1.59. The first-order chi connectivity index (χ1) is 14.0. The number of rotatable bonds is 3. The topological polar surface area (TPSA) is 72.3 Å². The van der Waals surface area contributed by atoms with Crippen molar-refractivity contribution in [2.45, 2.75) is 11.7 Å². The van der Waals surface area contributed by atoms with E-state index < -0.39 is 15.1 Å². The molecule has 6 nitrogen and oxygen atoms in total. The summed E-state index contributed by atoms with van der Waals surface area (Å²) in [4.78, 5) is 14.8. The fraction of sp³-hybridized carbons (Fsp3) is 0.273. The second-order valence-corrected chi connectivity index (χ2v) is 9.55. The van der Waals surface area contributed by atoms with Gasteiger partial charge in [0.2, 0.25) is 0 Å². The summed E-state index contributed by atoms with van der Waals surface area (Å²) in [6.45, 7) is 0.583. The molecule has 0 saturated carbocycles. The van der Waals surface area contributed by atoms with Crippen molar-refractivity contribution in [2.75, 3.05) is 18.8 Å². The molecule has 1 aromatic heterocycles. The lowest BCUT2D eigenvalue weighted by Crippen LogP contribution is -2.34. The number of benzene rings is 2. The molecule has 150 valence electrons. The number of aryl methyl sites for hydroxylation is 1. The molecule has 2 aromatic carbocycles. The zero-order valence-corrected chi connectivity index (χ0v) is 17.0. The van der Waals surface area contributed by atoms with Crippen molar-refractivity contribution in [2.24, 2.45) is 7.05 Å². The molecule has 1 atom stereocenters. The van der Waals surface area contributed by atoms with E-state index in [-0.39, 0.29) is 18.2 Å². The lowest BCUT2D eigenvalue weighted by atomic mass is 10.1. The van der Waals surface area contributed by atoms with Crippen molar-refractivity contribution in [3.05, 3.63) is 78.0 Å². The third-order valence-electron chi connectivity index (χ3n) is 5.37. The maximum Gasteiger partial charge on any atom is 0.272 e. The number of hydrogen-bond acceptors (Lipinski definition) is 4. The number of hydrogen-bond donors (Lipinski definition) is 0. The minimum absolute atomic E-state index is 0.0400. The summed E-state index contributed by atoms with van der Waals surface area (Å²) in [6, 6.07) is 20.7. The van der Waals surface area contributed by atoms with Crippen LogP contribution >= 0.6 is 0 Å². The summed E-state index contributed by atoms with van der Waals surface area (Å²) in [5.41, 5.74) is 2.90. The first-order valence-electron chi connectivity index (χ1n) is 9.61. The Morgan fingerprint density at radius 2 is 1.66 bits per heavy atom. The molecule has 0 N–H and O–H groups in total. The highest BCUT2D eigenvalue weighted by molar-refractivity contribution is 7.91. The molecule has 0 bridgehead atoms. The van der Waals surface area contributed by atoms with Crippen molar-refractivity contribution in [3.63, 3.8) is 0 Å². The van der Waals surface area contributed by atoms with Crippen LogP contribution in [-0.2, 0) is 16.9 Å². The van der Waals surface area contributed by atoms with Gasteiger partial charge in [-0.05, 0) is 18.1 Å². The average molecular weight is 410 g/mol. The average Bonchev–Trinajstić information content (AvgIpc) is 3.04. The van der Waals surface area contributed by atoms with Crippen LogP contribution in [0, 0.1) is 0 Å². The SMILES string of the molecule is Cn1nc(-c2ccccc2)cc1C(=O)N1CCC(c2ccccc2)S(=O)(=O)CC1. The quantitative estimate of drug-likeness (QED) is 0.666. The third kappa shape index (κ3) is 3.96. The maximum atomic E-state index is 13.1. The molecule has 2 heterocycles. The Labute approximate surface area is 170 Å². The smallest absolute Gasteiger partial charge is 0.272 e. The molecule has 3 aromatic rings. The van der Waals surface area contributed by atoms with Gasteiger partial charge in [0.1, 0.15) is 5.69 Å². The van der Waals surface area contributed by atoms with Gasteiger partial charge >= 0.3 is 0 Å². The monoisotopic (exact) mass is 409 g/mol. The van der Waals surface area contributed by atoms with Gasteiger partial charge in [0.15, 0.2) is 9.84 Å². The predicted octanol–water partition coefficient (Wildman–Crippen LogP) is 3.09. The molecule has 1 unspecified atom stereocenters. The van der Waals surface area contributed by atoms with Gasteiger partial charge in [-0.3, -0.25) is 9.48 Å². The molecule has 0 spiro atoms. The van der Waals surface area contributed by atoms with Crippen LogP contribution in [0.3, 0.4) is 0 Å². The Morgan fingerprint density at radius 3 is 2.34 bits per heavy atom. The minimum atomic E-state index is -3.33. The van der Waals surface area contributed by atoms with Crippen molar-refractivity contribution in [1.82, 2.24) is 14.7 Å². The Morgan fingerprint density at radius 1 is 1.00 bits per heavy atom. The summed E-state index contributed by atoms with van der Waals surface area (Å²) < 4.78 is 27.2. The molecule has 29 heavy (non-hydrogen) atoms. The largest absolute Gasteiger partial charge is 0.336 e. The maximum absolute atomic E-state index is 13.1. The van der Waals surface area contributed by atoms with Gasteiger partial charge in [-0.1, -0.05) is 60.7 Å². The Kier molecular flexibility index (Phi) is 5.24. The van der Waals surface area contributed by atoms with E-state index in [2.05, 4.69) is 5.10 Å². The summed E-state index contributed by atoms with van der Waals surface area (Å²) in [5, 5.41) is 3.89. The Bertz CT molecular complexity index is 1110. The zero-order chi connectivity index (χ0) is 20.4. The first kappa shape index (κ1) is 19.4. The summed E-state index contributed by atoms with van der Waals surface area (Å²) >= 11 is 0. The van der Waals surface area contributed by atoms with Crippen LogP contribution in [0.4, 0.5) is 0 Å². The van der Waals surface area contributed by atoms with Crippen LogP contribution in [0.5, 0.6) is 0 Å². The molecule has 1 aliphatic rings. The number of aromatic nitrogens is 2. The first-order valence-corrected chi connectivity index (χ1v) is 11.3. The van der Waals surface area contributed by atoms with Crippen molar-refractivity contribution in [1.29, 1.82) is 0 Å². The zero-order valence-electron chi connectivity index (χ0n) is 16.2. The van der Waals surface area contributed by atoms with Crippen LogP contribution in [0.2, 0.25) is 0 Å². The van der Waals surface area contributed by atoms with Crippen molar-refractivity contribution in [3.8, 4) is 11.3 Å². The predicted molar refractivity (Wildman–Crippen MR) is 112 cm³/mol. The summed E-state index contributed by atoms with van der Waals surface area (Å²) in [5.74, 6) is -0.229. The summed E-state index contributed by atoms with van der Waals surface area (Å²) in [6.07, 6.45) is 0.390. The molecule has 0 radical (unpaired) electrons. The fourth-order valence-corrected chi connectivity index (χ4v) is 5.56. The van der Waals surface area contributed by atoms with Gasteiger partial charge in [0, 0.05) is 25.7 Å². The van der Waals surface area contributed by atoms with Crippen LogP contribution in [0.25, 0.3) is 11.3 Å². The van der Waals surface area contributed by atoms with E-state index in [9.17, 15) is 13.2 Å². The van der Waals surface area contributed by atoms with E-state index in [1.54, 1.807) is 22.7 Å². The van der Waals surface area contributed by atoms with Gasteiger partial charge < -0.3 is 4.90 Å². The molecule has 7 heteroatoms. The Balaban J connectivity index is 1.57. The van der Waals surface area contributed by atoms with E-state index in [0.29, 0.717) is 18.7 Å². The Hall–Kier alpha value is -2.93. The molecule has 0 aliphatic carbocycles. The van der Waals surface area contributed by atoms with Crippen LogP contribution in [0.15, 0.2) is 66.7 Å². The van der Waals surface area contributed by atoms with E-state index in [1.165, 1.54) is 0 Å². The van der Waals surface area contributed by atoms with Crippen molar-refractivity contribution < 1.29 is 13.2 Å². The van der Waals surface area contributed by atoms with Gasteiger partial charge in [0.25, 0.3) is 5.91 Å². The highest BCUT2D eigenvalue weighted by Gasteiger charge is 2.33. The van der Waals surface area contributed by atoms with E-state index in [0.717, 1.165) is 16.8 Å². The molecular formula is C22H23N3O3S. The molecular weight excluding hydrogens is 386 g/mol. The minimum Gasteiger partial charge on any atom is -0.336 e. The molecule has 1 saturated heterocycles. The normalized spacial score (nSPS) is 18.9. The molecule has 1 amide bonds. The lowest BCUT2D eigenvalue weighted by molar-refractivity contribution is 0.0755. The van der Waals surface area contributed by atoms with E-state index in [1.807, 2.05) is 60.7 Å². The molecule has 1 fully saturated rings. The van der Waals surface area contributed by atoms with Gasteiger partial charge in [-0.15, -0.1) is 0 Å². The number of carbonyl (C=O) groups is 1. The van der Waals surface area contributed by atoms with Gasteiger partial charge in [-0.25, -0.2) is 8.42 Å². The standard InChI is InChI=1S/C22H23N3O3S/c1-24-20(16-19(23-24)17-8-4-2-5-9-17)22(26)25-13-12-21(29(27,28)15-14-25)18-10-6-3-7-11-18/h2-11,16,21H,12-15H2,1H3. The number of carbonyl (C=O) groups excluding carboxylic acids is 1. The van der Waals surface area contributed by atoms with Crippen LogP contribution in [-0.4, -0.2) is 47.8 Å². The fourth-order valence-electron chi connectivity index (χ4n) is 3.77. The van der Waals surface area contributed by atoms with Crippen LogP contribution in [0.1, 0.15) is 27.7 Å². The lowest BCUT2D eigenvalue weighted by Gasteiger charge is -2.19. The molecule has 1 aliphatic heterocycles. The second kappa shape index (κ2) is 7.83. The van der Waals surface area contributed by atoms with Gasteiger partial charge in [0.05, 0.1) is 16.7 Å². The number of sulfone groups is 1. The van der Waals surface area contributed by atoms with Crippen molar-refractivity contribution >= 4 is 15.7 Å². The third-order valence-corrected chi connectivity index (χ3v) is 7.49. The van der Waals surface area contributed by atoms with Gasteiger partial charge in [-0.2, -0.15) is 5.10 Å². The number of amides is 1. The molecule has 4 rings (SSSR count). The van der Waals surface area contributed by atoms with E-state index in [4.69, 9.17) is 0 Å². The highest BCUT2D eigenvalue weighted by atomic mass is 32.2.